The molecular formula is C23H30O3. The molecular weight excluding hydrogens is 324 g/mol. The maximum atomic E-state index is 11.6. The van der Waals surface area contributed by atoms with Gasteiger partial charge in [0.05, 0.1) is 12.2 Å². The highest BCUT2D eigenvalue weighted by molar-refractivity contribution is 5.96. The van der Waals surface area contributed by atoms with Crippen LogP contribution in [0.2, 0.25) is 0 Å². The van der Waals surface area contributed by atoms with Crippen molar-refractivity contribution in [2.24, 2.45) is 0 Å². The molecule has 0 spiro atoms. The first-order chi connectivity index (χ1) is 12.7. The molecule has 2 rings (SSSR count). The lowest BCUT2D eigenvalue weighted by molar-refractivity contribution is 0.0697. The van der Waals surface area contributed by atoms with E-state index in [9.17, 15) is 9.90 Å². The van der Waals surface area contributed by atoms with E-state index < -0.39 is 5.97 Å². The van der Waals surface area contributed by atoms with Gasteiger partial charge in [0.25, 0.3) is 0 Å². The van der Waals surface area contributed by atoms with Gasteiger partial charge in [0.1, 0.15) is 5.75 Å². The van der Waals surface area contributed by atoms with Crippen LogP contribution in [0.25, 0.3) is 11.1 Å². The number of ether oxygens (including phenoxy) is 1. The summed E-state index contributed by atoms with van der Waals surface area (Å²) in [7, 11) is 0. The summed E-state index contributed by atoms with van der Waals surface area (Å²) in [4.78, 5) is 11.6. The fraction of sp³-hybridized carbons (Fsp3) is 0.435. The number of benzene rings is 2. The Bertz CT molecular complexity index is 689. The topological polar surface area (TPSA) is 46.5 Å². The highest BCUT2D eigenvalue weighted by Crippen LogP contribution is 2.28. The van der Waals surface area contributed by atoms with Crippen molar-refractivity contribution >= 4 is 5.97 Å². The van der Waals surface area contributed by atoms with Crippen LogP contribution in [0.1, 0.15) is 68.3 Å². The minimum atomic E-state index is -0.888. The van der Waals surface area contributed by atoms with Crippen molar-refractivity contribution in [3.05, 3.63) is 53.6 Å². The number of rotatable bonds is 11. The molecule has 0 unspecified atom stereocenters. The summed E-state index contributed by atoms with van der Waals surface area (Å²) in [5.74, 6) is -0.0596. The van der Waals surface area contributed by atoms with Gasteiger partial charge < -0.3 is 9.84 Å². The average Bonchev–Trinajstić information content (AvgIpc) is 2.66. The molecule has 0 saturated heterocycles. The van der Waals surface area contributed by atoms with Crippen molar-refractivity contribution in [2.75, 3.05) is 6.61 Å². The molecule has 0 amide bonds. The van der Waals surface area contributed by atoms with Gasteiger partial charge in [-0.05, 0) is 54.2 Å². The predicted molar refractivity (Wildman–Crippen MR) is 107 cm³/mol. The second-order valence-electron chi connectivity index (χ2n) is 6.72. The number of hydrogen-bond donors (Lipinski definition) is 1. The summed E-state index contributed by atoms with van der Waals surface area (Å²) in [5, 5.41) is 9.54. The van der Waals surface area contributed by atoms with E-state index in [2.05, 4.69) is 13.8 Å². The van der Waals surface area contributed by atoms with Crippen molar-refractivity contribution in [1.29, 1.82) is 0 Å². The van der Waals surface area contributed by atoms with E-state index in [-0.39, 0.29) is 0 Å². The third-order valence-electron chi connectivity index (χ3n) is 4.57. The summed E-state index contributed by atoms with van der Waals surface area (Å²) < 4.78 is 5.70. The molecule has 0 aromatic heterocycles. The van der Waals surface area contributed by atoms with Crippen LogP contribution in [0.4, 0.5) is 0 Å². The third-order valence-corrected chi connectivity index (χ3v) is 4.57. The van der Waals surface area contributed by atoms with Gasteiger partial charge >= 0.3 is 5.97 Å². The average molecular weight is 354 g/mol. The van der Waals surface area contributed by atoms with Crippen LogP contribution in [0.5, 0.6) is 5.75 Å². The van der Waals surface area contributed by atoms with Crippen LogP contribution in [-0.2, 0) is 6.42 Å². The lowest BCUT2D eigenvalue weighted by Gasteiger charge is -2.11. The van der Waals surface area contributed by atoms with E-state index in [1.807, 2.05) is 36.4 Å². The summed E-state index contributed by atoms with van der Waals surface area (Å²) in [5.41, 5.74) is 3.25. The van der Waals surface area contributed by atoms with Gasteiger partial charge in [-0.1, -0.05) is 63.8 Å². The number of aryl methyl sites for hydroxylation is 1. The van der Waals surface area contributed by atoms with Crippen LogP contribution < -0.4 is 4.74 Å². The molecule has 0 aliphatic rings. The van der Waals surface area contributed by atoms with Crippen LogP contribution in [0, 0.1) is 0 Å². The van der Waals surface area contributed by atoms with E-state index in [0.717, 1.165) is 42.6 Å². The SMILES string of the molecule is CCCCCCc1ccc(C(=O)O)c(-c2ccc(OCCCC)cc2)c1. The second-order valence-corrected chi connectivity index (χ2v) is 6.72. The normalized spacial score (nSPS) is 10.7. The van der Waals surface area contributed by atoms with Crippen LogP contribution in [0.3, 0.4) is 0 Å². The molecule has 3 heteroatoms. The van der Waals surface area contributed by atoms with Crippen molar-refractivity contribution in [3.8, 4) is 16.9 Å². The standard InChI is InChI=1S/C23H30O3/c1-3-5-7-8-9-18-10-15-21(23(24)25)22(17-18)19-11-13-20(14-12-19)26-16-6-4-2/h10-15,17H,3-9,16H2,1-2H3,(H,24,25). The molecule has 0 fully saturated rings. The van der Waals surface area contributed by atoms with E-state index in [1.165, 1.54) is 24.8 Å². The molecule has 26 heavy (non-hydrogen) atoms. The Morgan fingerprint density at radius 1 is 0.923 bits per heavy atom. The maximum Gasteiger partial charge on any atom is 0.336 e. The summed E-state index contributed by atoms with van der Waals surface area (Å²) in [6.07, 6.45) is 7.96. The molecule has 1 N–H and O–H groups in total. The highest BCUT2D eigenvalue weighted by atomic mass is 16.5. The Morgan fingerprint density at radius 3 is 2.31 bits per heavy atom. The third kappa shape index (κ3) is 5.91. The molecule has 3 nitrogen and oxygen atoms in total. The smallest absolute Gasteiger partial charge is 0.336 e. The lowest BCUT2D eigenvalue weighted by atomic mass is 9.95. The Balaban J connectivity index is 2.17. The number of carboxylic acids is 1. The van der Waals surface area contributed by atoms with Gasteiger partial charge in [-0.25, -0.2) is 4.79 Å². The molecule has 0 bridgehead atoms. The molecule has 0 heterocycles. The Labute approximate surface area is 157 Å². The first kappa shape index (κ1) is 20.0. The molecule has 0 aliphatic carbocycles. The lowest BCUT2D eigenvalue weighted by Crippen LogP contribution is -2.01. The van der Waals surface area contributed by atoms with Crippen LogP contribution >= 0.6 is 0 Å². The van der Waals surface area contributed by atoms with Crippen molar-refractivity contribution < 1.29 is 14.6 Å². The summed E-state index contributed by atoms with van der Waals surface area (Å²) >= 11 is 0. The number of aromatic carboxylic acids is 1. The number of carbonyl (C=O) groups is 1. The fourth-order valence-electron chi connectivity index (χ4n) is 2.99. The molecule has 0 radical (unpaired) electrons. The molecule has 2 aromatic rings. The molecule has 0 atom stereocenters. The zero-order chi connectivity index (χ0) is 18.8. The molecule has 140 valence electrons. The zero-order valence-electron chi connectivity index (χ0n) is 16.0. The summed E-state index contributed by atoms with van der Waals surface area (Å²) in [6.45, 7) is 5.05. The van der Waals surface area contributed by atoms with Gasteiger partial charge in [-0.3, -0.25) is 0 Å². The fourth-order valence-corrected chi connectivity index (χ4v) is 2.99. The Kier molecular flexibility index (Phi) is 8.20. The van der Waals surface area contributed by atoms with Gasteiger partial charge in [0, 0.05) is 0 Å². The quantitative estimate of drug-likeness (QED) is 0.478. The number of unbranched alkanes of at least 4 members (excludes halogenated alkanes) is 4. The largest absolute Gasteiger partial charge is 0.494 e. The maximum absolute atomic E-state index is 11.6. The molecule has 0 saturated carbocycles. The van der Waals surface area contributed by atoms with Crippen molar-refractivity contribution in [3.63, 3.8) is 0 Å². The van der Waals surface area contributed by atoms with E-state index in [1.54, 1.807) is 6.07 Å². The van der Waals surface area contributed by atoms with E-state index >= 15 is 0 Å². The van der Waals surface area contributed by atoms with Crippen LogP contribution in [0.15, 0.2) is 42.5 Å². The Morgan fingerprint density at radius 2 is 1.65 bits per heavy atom. The van der Waals surface area contributed by atoms with Gasteiger partial charge in [-0.2, -0.15) is 0 Å². The van der Waals surface area contributed by atoms with E-state index in [4.69, 9.17) is 4.74 Å². The molecule has 0 aliphatic heterocycles. The predicted octanol–water partition coefficient (Wildman–Crippen LogP) is 6.35. The minimum Gasteiger partial charge on any atom is -0.494 e. The van der Waals surface area contributed by atoms with Gasteiger partial charge in [-0.15, -0.1) is 0 Å². The van der Waals surface area contributed by atoms with Gasteiger partial charge in [0.2, 0.25) is 0 Å². The monoisotopic (exact) mass is 354 g/mol. The Hall–Kier alpha value is -2.29. The first-order valence-corrected chi connectivity index (χ1v) is 9.75. The number of carboxylic acid groups (broad SMARTS) is 1. The highest BCUT2D eigenvalue weighted by Gasteiger charge is 2.13. The second kappa shape index (κ2) is 10.6. The van der Waals surface area contributed by atoms with E-state index in [0.29, 0.717) is 12.2 Å². The minimum absolute atomic E-state index is 0.349. The van der Waals surface area contributed by atoms with Crippen LogP contribution in [-0.4, -0.2) is 17.7 Å². The van der Waals surface area contributed by atoms with Gasteiger partial charge in [0.15, 0.2) is 0 Å². The zero-order valence-corrected chi connectivity index (χ0v) is 16.0. The first-order valence-electron chi connectivity index (χ1n) is 9.75. The van der Waals surface area contributed by atoms with Crippen molar-refractivity contribution in [1.82, 2.24) is 0 Å². The van der Waals surface area contributed by atoms with Crippen molar-refractivity contribution in [2.45, 2.75) is 58.8 Å². The molecule has 2 aromatic carbocycles. The number of hydrogen-bond acceptors (Lipinski definition) is 2. The summed E-state index contributed by atoms with van der Waals surface area (Å²) in [6, 6.07) is 13.4.